The van der Waals surface area contributed by atoms with Crippen molar-refractivity contribution in [2.24, 2.45) is 11.7 Å². The Morgan fingerprint density at radius 2 is 1.76 bits per heavy atom. The molecule has 1 saturated carbocycles. The molecule has 0 radical (unpaired) electrons. The molecule has 0 bridgehead atoms. The van der Waals surface area contributed by atoms with Crippen molar-refractivity contribution in [2.75, 3.05) is 26.2 Å². The molecule has 1 amide bonds. The van der Waals surface area contributed by atoms with E-state index in [2.05, 4.69) is 4.90 Å². The highest BCUT2D eigenvalue weighted by Crippen LogP contribution is 2.25. The molecule has 4 heteroatoms. The van der Waals surface area contributed by atoms with Crippen LogP contribution in [0.3, 0.4) is 0 Å². The standard InChI is InChI=1S/C13H25N3O/c1-10(11(2)14)13(17)16-8-6-15(7-9-16)12-4-3-5-12/h10-12H,3-9,14H2,1-2H3. The molecule has 0 aromatic carbocycles. The lowest BCUT2D eigenvalue weighted by Gasteiger charge is -2.43. The van der Waals surface area contributed by atoms with Gasteiger partial charge in [0, 0.05) is 38.3 Å². The van der Waals surface area contributed by atoms with Crippen LogP contribution in [-0.2, 0) is 4.79 Å². The fraction of sp³-hybridized carbons (Fsp3) is 0.923. The Balaban J connectivity index is 1.79. The molecule has 4 nitrogen and oxygen atoms in total. The Morgan fingerprint density at radius 1 is 1.18 bits per heavy atom. The predicted molar refractivity (Wildman–Crippen MR) is 68.6 cm³/mol. The van der Waals surface area contributed by atoms with E-state index in [9.17, 15) is 4.79 Å². The average Bonchev–Trinajstić information content (AvgIpc) is 2.25. The summed E-state index contributed by atoms with van der Waals surface area (Å²) in [6.07, 6.45) is 4.08. The molecule has 2 unspecified atom stereocenters. The zero-order valence-corrected chi connectivity index (χ0v) is 11.1. The van der Waals surface area contributed by atoms with Crippen molar-refractivity contribution in [3.8, 4) is 0 Å². The fourth-order valence-electron chi connectivity index (χ4n) is 2.57. The van der Waals surface area contributed by atoms with E-state index in [0.29, 0.717) is 0 Å². The summed E-state index contributed by atoms with van der Waals surface area (Å²) in [7, 11) is 0. The second-order valence-corrected chi connectivity index (χ2v) is 5.59. The normalized spacial score (nSPS) is 26.4. The second-order valence-electron chi connectivity index (χ2n) is 5.59. The van der Waals surface area contributed by atoms with Crippen LogP contribution in [0.2, 0.25) is 0 Å². The molecule has 1 aliphatic heterocycles. The minimum Gasteiger partial charge on any atom is -0.340 e. The Labute approximate surface area is 104 Å². The smallest absolute Gasteiger partial charge is 0.227 e. The molecule has 2 rings (SSSR count). The van der Waals surface area contributed by atoms with Crippen LogP contribution in [0.15, 0.2) is 0 Å². The molecule has 2 fully saturated rings. The average molecular weight is 239 g/mol. The van der Waals surface area contributed by atoms with Gasteiger partial charge in [0.25, 0.3) is 0 Å². The number of carbonyl (C=O) groups is 1. The summed E-state index contributed by atoms with van der Waals surface area (Å²) in [5.41, 5.74) is 5.79. The van der Waals surface area contributed by atoms with E-state index in [0.717, 1.165) is 32.2 Å². The lowest BCUT2D eigenvalue weighted by molar-refractivity contribution is -0.137. The number of hydrogen-bond acceptors (Lipinski definition) is 3. The summed E-state index contributed by atoms with van der Waals surface area (Å²) in [6, 6.07) is 0.755. The summed E-state index contributed by atoms with van der Waals surface area (Å²) < 4.78 is 0. The molecular weight excluding hydrogens is 214 g/mol. The molecule has 0 aromatic rings. The highest BCUT2D eigenvalue weighted by Gasteiger charge is 2.31. The molecule has 0 spiro atoms. The van der Waals surface area contributed by atoms with Gasteiger partial charge in [-0.3, -0.25) is 9.69 Å². The predicted octanol–water partition coefficient (Wildman–Crippen LogP) is 0.666. The lowest BCUT2D eigenvalue weighted by Crippen LogP contribution is -2.55. The number of nitrogens with two attached hydrogens (primary N) is 1. The van der Waals surface area contributed by atoms with Crippen LogP contribution in [0.4, 0.5) is 0 Å². The van der Waals surface area contributed by atoms with Crippen molar-refractivity contribution in [3.63, 3.8) is 0 Å². The van der Waals surface area contributed by atoms with E-state index in [-0.39, 0.29) is 17.9 Å². The Kier molecular flexibility index (Phi) is 4.05. The van der Waals surface area contributed by atoms with Gasteiger partial charge in [-0.1, -0.05) is 13.3 Å². The number of rotatable bonds is 3. The topological polar surface area (TPSA) is 49.6 Å². The first-order valence-corrected chi connectivity index (χ1v) is 6.88. The molecule has 1 saturated heterocycles. The van der Waals surface area contributed by atoms with E-state index >= 15 is 0 Å². The van der Waals surface area contributed by atoms with E-state index in [4.69, 9.17) is 5.73 Å². The number of amides is 1. The van der Waals surface area contributed by atoms with Crippen LogP contribution in [0.5, 0.6) is 0 Å². The number of hydrogen-bond donors (Lipinski definition) is 1. The van der Waals surface area contributed by atoms with Crippen molar-refractivity contribution in [1.29, 1.82) is 0 Å². The molecule has 17 heavy (non-hydrogen) atoms. The van der Waals surface area contributed by atoms with Crippen LogP contribution in [0.25, 0.3) is 0 Å². The molecule has 1 heterocycles. The van der Waals surface area contributed by atoms with Gasteiger partial charge in [0.1, 0.15) is 0 Å². The van der Waals surface area contributed by atoms with Gasteiger partial charge in [0.15, 0.2) is 0 Å². The largest absolute Gasteiger partial charge is 0.340 e. The van der Waals surface area contributed by atoms with E-state index in [1.807, 2.05) is 18.7 Å². The molecule has 2 atom stereocenters. The van der Waals surface area contributed by atoms with Gasteiger partial charge in [0.05, 0.1) is 5.92 Å². The zero-order valence-electron chi connectivity index (χ0n) is 11.1. The third-order valence-corrected chi connectivity index (χ3v) is 4.40. The maximum atomic E-state index is 12.1. The molecule has 98 valence electrons. The SMILES string of the molecule is CC(N)C(C)C(=O)N1CCN(C2CCC2)CC1. The maximum Gasteiger partial charge on any atom is 0.227 e. The number of carbonyl (C=O) groups excluding carboxylic acids is 1. The third kappa shape index (κ3) is 2.80. The molecule has 2 aliphatic rings. The van der Waals surface area contributed by atoms with Crippen LogP contribution in [-0.4, -0.2) is 54.0 Å². The first kappa shape index (κ1) is 12.8. The number of nitrogens with zero attached hydrogens (tertiary/aromatic N) is 2. The molecular formula is C13H25N3O. The van der Waals surface area contributed by atoms with Crippen molar-refractivity contribution < 1.29 is 4.79 Å². The summed E-state index contributed by atoms with van der Waals surface area (Å²) in [5.74, 6) is 0.179. The first-order valence-electron chi connectivity index (χ1n) is 6.88. The van der Waals surface area contributed by atoms with Gasteiger partial charge in [-0.15, -0.1) is 0 Å². The van der Waals surface area contributed by atoms with Crippen molar-refractivity contribution in [3.05, 3.63) is 0 Å². The van der Waals surface area contributed by atoms with Crippen LogP contribution < -0.4 is 5.73 Å². The molecule has 1 aliphatic carbocycles. The van der Waals surface area contributed by atoms with Gasteiger partial charge >= 0.3 is 0 Å². The monoisotopic (exact) mass is 239 g/mol. The van der Waals surface area contributed by atoms with Crippen molar-refractivity contribution >= 4 is 5.91 Å². The zero-order chi connectivity index (χ0) is 12.4. The van der Waals surface area contributed by atoms with Crippen molar-refractivity contribution in [1.82, 2.24) is 9.80 Å². The summed E-state index contributed by atoms with van der Waals surface area (Å²) >= 11 is 0. The highest BCUT2D eigenvalue weighted by atomic mass is 16.2. The van der Waals surface area contributed by atoms with Gasteiger partial charge in [-0.25, -0.2) is 0 Å². The van der Waals surface area contributed by atoms with Crippen LogP contribution >= 0.6 is 0 Å². The molecule has 2 N–H and O–H groups in total. The van der Waals surface area contributed by atoms with Gasteiger partial charge in [-0.05, 0) is 19.8 Å². The maximum absolute atomic E-state index is 12.1. The van der Waals surface area contributed by atoms with Crippen LogP contribution in [0, 0.1) is 5.92 Å². The minimum absolute atomic E-state index is 0.0489. The first-order chi connectivity index (χ1) is 8.09. The van der Waals surface area contributed by atoms with Crippen molar-refractivity contribution in [2.45, 2.75) is 45.2 Å². The van der Waals surface area contributed by atoms with Gasteiger partial charge in [0.2, 0.25) is 5.91 Å². The minimum atomic E-state index is -0.0507. The fourth-order valence-corrected chi connectivity index (χ4v) is 2.57. The van der Waals surface area contributed by atoms with E-state index < -0.39 is 0 Å². The van der Waals surface area contributed by atoms with Gasteiger partial charge < -0.3 is 10.6 Å². The molecule has 0 aromatic heterocycles. The Morgan fingerprint density at radius 3 is 2.18 bits per heavy atom. The van der Waals surface area contributed by atoms with Crippen LogP contribution in [0.1, 0.15) is 33.1 Å². The Hall–Kier alpha value is -0.610. The van der Waals surface area contributed by atoms with E-state index in [1.165, 1.54) is 19.3 Å². The highest BCUT2D eigenvalue weighted by molar-refractivity contribution is 5.79. The summed E-state index contributed by atoms with van der Waals surface area (Å²) in [5, 5.41) is 0. The van der Waals surface area contributed by atoms with E-state index in [1.54, 1.807) is 0 Å². The summed E-state index contributed by atoms with van der Waals surface area (Å²) in [4.78, 5) is 16.7. The van der Waals surface area contributed by atoms with Gasteiger partial charge in [-0.2, -0.15) is 0 Å². The third-order valence-electron chi connectivity index (χ3n) is 4.40. The Bertz CT molecular complexity index is 268. The second kappa shape index (κ2) is 5.36. The summed E-state index contributed by atoms with van der Waals surface area (Å²) in [6.45, 7) is 7.70. The quantitative estimate of drug-likeness (QED) is 0.787. The number of piperazine rings is 1. The lowest BCUT2D eigenvalue weighted by atomic mass is 9.91.